The van der Waals surface area contributed by atoms with Gasteiger partial charge in [-0.2, -0.15) is 0 Å². The van der Waals surface area contributed by atoms with E-state index in [0.29, 0.717) is 0 Å². The van der Waals surface area contributed by atoms with Crippen LogP contribution in [0.5, 0.6) is 0 Å². The molecule has 0 radical (unpaired) electrons. The SMILES string of the molecule is O=C(O)CN(c1ccc(N(CC(=O)O)S(=O)(=O)c2ccc(-c3ccccc3)cc2)c2ccccc12)S(=O)O. The van der Waals surface area contributed by atoms with E-state index in [1.54, 1.807) is 24.3 Å². The molecule has 0 bridgehead atoms. The average Bonchev–Trinajstić information content (AvgIpc) is 2.90. The van der Waals surface area contributed by atoms with Gasteiger partial charge in [-0.25, -0.2) is 12.6 Å². The second kappa shape index (κ2) is 11.0. The molecule has 4 aromatic rings. The highest BCUT2D eigenvalue weighted by Gasteiger charge is 2.30. The maximum absolute atomic E-state index is 13.7. The predicted molar refractivity (Wildman–Crippen MR) is 144 cm³/mol. The number of carboxylic acid groups (broad SMARTS) is 2. The third kappa shape index (κ3) is 5.52. The lowest BCUT2D eigenvalue weighted by Gasteiger charge is -2.26. The van der Waals surface area contributed by atoms with Gasteiger partial charge in [0.05, 0.1) is 16.3 Å². The monoisotopic (exact) mass is 554 g/mol. The minimum Gasteiger partial charge on any atom is -0.480 e. The van der Waals surface area contributed by atoms with Crippen LogP contribution in [0.4, 0.5) is 11.4 Å². The smallest absolute Gasteiger partial charge is 0.324 e. The molecule has 12 heteroatoms. The fraction of sp³-hybridized carbons (Fsp3) is 0.0769. The summed E-state index contributed by atoms with van der Waals surface area (Å²) in [6, 6.07) is 24.2. The molecular formula is C26H22N2O8S2. The van der Waals surface area contributed by atoms with Crippen molar-refractivity contribution in [2.75, 3.05) is 21.7 Å². The lowest BCUT2D eigenvalue weighted by atomic mass is 10.1. The predicted octanol–water partition coefficient (Wildman–Crippen LogP) is 3.81. The van der Waals surface area contributed by atoms with Crippen molar-refractivity contribution in [2.45, 2.75) is 4.90 Å². The molecule has 0 fully saturated rings. The van der Waals surface area contributed by atoms with E-state index in [1.165, 1.54) is 36.4 Å². The van der Waals surface area contributed by atoms with Crippen molar-refractivity contribution in [3.05, 3.63) is 91.0 Å². The Kier molecular flexibility index (Phi) is 7.76. The summed E-state index contributed by atoms with van der Waals surface area (Å²) in [5.74, 6) is -2.75. The Morgan fingerprint density at radius 2 is 1.18 bits per heavy atom. The van der Waals surface area contributed by atoms with Crippen molar-refractivity contribution in [1.82, 2.24) is 0 Å². The van der Waals surface area contributed by atoms with Gasteiger partial charge in [-0.15, -0.1) is 0 Å². The Labute approximate surface area is 220 Å². The summed E-state index contributed by atoms with van der Waals surface area (Å²) in [7, 11) is -4.37. The van der Waals surface area contributed by atoms with Gasteiger partial charge < -0.3 is 10.2 Å². The van der Waals surface area contributed by atoms with E-state index < -0.39 is 46.3 Å². The van der Waals surface area contributed by atoms with Gasteiger partial charge in [0.25, 0.3) is 21.3 Å². The summed E-state index contributed by atoms with van der Waals surface area (Å²) >= 11 is -2.70. The van der Waals surface area contributed by atoms with Crippen LogP contribution in [0.1, 0.15) is 0 Å². The Morgan fingerprint density at radius 1 is 0.684 bits per heavy atom. The molecule has 0 aromatic heterocycles. The van der Waals surface area contributed by atoms with E-state index in [-0.39, 0.29) is 27.0 Å². The Morgan fingerprint density at radius 3 is 1.74 bits per heavy atom. The van der Waals surface area contributed by atoms with Crippen molar-refractivity contribution in [3.8, 4) is 11.1 Å². The van der Waals surface area contributed by atoms with E-state index in [1.807, 2.05) is 30.3 Å². The number of carbonyl (C=O) groups is 2. The van der Waals surface area contributed by atoms with E-state index in [4.69, 9.17) is 0 Å². The van der Waals surface area contributed by atoms with Gasteiger partial charge in [-0.1, -0.05) is 66.7 Å². The van der Waals surface area contributed by atoms with Gasteiger partial charge in [-0.3, -0.25) is 22.8 Å². The maximum atomic E-state index is 13.7. The first kappa shape index (κ1) is 26.8. The maximum Gasteiger partial charge on any atom is 0.324 e. The number of anilines is 2. The molecule has 38 heavy (non-hydrogen) atoms. The average molecular weight is 555 g/mol. The highest BCUT2D eigenvalue weighted by molar-refractivity contribution is 7.92. The van der Waals surface area contributed by atoms with Crippen molar-refractivity contribution >= 4 is 55.4 Å². The number of benzene rings is 4. The lowest BCUT2D eigenvalue weighted by Crippen LogP contribution is -2.36. The molecule has 0 amide bonds. The second-order valence-electron chi connectivity index (χ2n) is 8.11. The van der Waals surface area contributed by atoms with Crippen molar-refractivity contribution in [1.29, 1.82) is 0 Å². The number of sulfonamides is 1. The molecule has 196 valence electrons. The fourth-order valence-electron chi connectivity index (χ4n) is 4.05. The van der Waals surface area contributed by atoms with Gasteiger partial charge in [0, 0.05) is 10.8 Å². The third-order valence-electron chi connectivity index (χ3n) is 5.71. The minimum absolute atomic E-state index is 0.0119. The molecule has 0 saturated carbocycles. The zero-order chi connectivity index (χ0) is 27.4. The molecule has 1 atom stereocenters. The number of fused-ring (bicyclic) bond motifs is 1. The fourth-order valence-corrected chi connectivity index (χ4v) is 6.03. The molecule has 0 aliphatic heterocycles. The van der Waals surface area contributed by atoms with Crippen LogP contribution in [0.25, 0.3) is 21.9 Å². The standard InChI is InChI=1S/C26H22N2O8S2/c29-25(30)16-27(37(33)34)23-14-15-24(22-9-5-4-8-21(22)23)28(17-26(31)32)38(35,36)20-12-10-19(11-13-20)18-6-2-1-3-7-18/h1-15H,16-17H2,(H,29,30)(H,31,32)(H,33,34). The van der Waals surface area contributed by atoms with E-state index in [9.17, 15) is 37.0 Å². The topological polar surface area (TPSA) is 153 Å². The molecular weight excluding hydrogens is 532 g/mol. The lowest BCUT2D eigenvalue weighted by molar-refractivity contribution is -0.136. The summed E-state index contributed by atoms with van der Waals surface area (Å²) in [4.78, 5) is 22.9. The molecule has 0 spiro atoms. The summed E-state index contributed by atoms with van der Waals surface area (Å²) in [6.07, 6.45) is 0. The van der Waals surface area contributed by atoms with Gasteiger partial charge in [0.15, 0.2) is 0 Å². The van der Waals surface area contributed by atoms with Crippen LogP contribution >= 0.6 is 0 Å². The molecule has 4 rings (SSSR count). The number of aliphatic carboxylic acids is 2. The molecule has 0 aliphatic rings. The molecule has 3 N–H and O–H groups in total. The summed E-state index contributed by atoms with van der Waals surface area (Å²) in [6.45, 7) is -1.69. The number of hydrogen-bond donors (Lipinski definition) is 3. The van der Waals surface area contributed by atoms with Crippen LogP contribution in [0, 0.1) is 0 Å². The largest absolute Gasteiger partial charge is 0.480 e. The van der Waals surface area contributed by atoms with Crippen molar-refractivity contribution in [3.63, 3.8) is 0 Å². The molecule has 0 saturated heterocycles. The Balaban J connectivity index is 1.84. The van der Waals surface area contributed by atoms with Gasteiger partial charge in [-0.05, 0) is 35.4 Å². The van der Waals surface area contributed by atoms with Crippen molar-refractivity contribution in [2.24, 2.45) is 0 Å². The molecule has 4 aromatic carbocycles. The number of carboxylic acids is 2. The molecule has 1 unspecified atom stereocenters. The van der Waals surface area contributed by atoms with Crippen LogP contribution in [0.15, 0.2) is 95.9 Å². The summed E-state index contributed by atoms with van der Waals surface area (Å²) in [5.41, 5.74) is 1.73. The normalized spacial score (nSPS) is 12.1. The van der Waals surface area contributed by atoms with E-state index in [0.717, 1.165) is 19.7 Å². The van der Waals surface area contributed by atoms with Crippen LogP contribution in [0.3, 0.4) is 0 Å². The van der Waals surface area contributed by atoms with Gasteiger partial charge in [0.1, 0.15) is 13.1 Å². The van der Waals surface area contributed by atoms with Crippen LogP contribution in [-0.4, -0.2) is 52.4 Å². The first-order valence-corrected chi connectivity index (χ1v) is 13.6. The third-order valence-corrected chi connectivity index (χ3v) is 8.19. The first-order chi connectivity index (χ1) is 18.1. The first-order valence-electron chi connectivity index (χ1n) is 11.1. The zero-order valence-electron chi connectivity index (χ0n) is 19.7. The van der Waals surface area contributed by atoms with Gasteiger partial charge in [0.2, 0.25) is 0 Å². The quantitative estimate of drug-likeness (QED) is 0.250. The number of nitrogens with zero attached hydrogens (tertiary/aromatic N) is 2. The Bertz CT molecular complexity index is 1620. The van der Waals surface area contributed by atoms with Gasteiger partial charge >= 0.3 is 11.9 Å². The van der Waals surface area contributed by atoms with E-state index in [2.05, 4.69) is 0 Å². The van der Waals surface area contributed by atoms with Crippen LogP contribution in [0.2, 0.25) is 0 Å². The highest BCUT2D eigenvalue weighted by atomic mass is 32.2. The van der Waals surface area contributed by atoms with Crippen LogP contribution in [-0.2, 0) is 30.9 Å². The zero-order valence-corrected chi connectivity index (χ0v) is 21.3. The summed E-state index contributed by atoms with van der Waals surface area (Å²) in [5, 5.41) is 19.3. The molecule has 10 nitrogen and oxygen atoms in total. The minimum atomic E-state index is -4.37. The van der Waals surface area contributed by atoms with Crippen molar-refractivity contribution < 1.29 is 37.0 Å². The highest BCUT2D eigenvalue weighted by Crippen LogP contribution is 2.37. The number of hydrogen-bond acceptors (Lipinski definition) is 5. The molecule has 0 heterocycles. The summed E-state index contributed by atoms with van der Waals surface area (Å²) < 4.78 is 50.5. The number of rotatable bonds is 10. The van der Waals surface area contributed by atoms with E-state index >= 15 is 0 Å². The van der Waals surface area contributed by atoms with Crippen LogP contribution < -0.4 is 8.61 Å². The second-order valence-corrected chi connectivity index (χ2v) is 10.9. The Hall–Kier alpha value is -4.26. The molecule has 0 aliphatic carbocycles.